The molecule has 0 aromatic carbocycles. The van der Waals surface area contributed by atoms with E-state index < -0.39 is 23.3 Å². The van der Waals surface area contributed by atoms with Crippen molar-refractivity contribution >= 4 is 8.25 Å². The monoisotopic (exact) mass is 318 g/mol. The molecule has 0 unspecified atom stereocenters. The van der Waals surface area contributed by atoms with Gasteiger partial charge in [0.1, 0.15) is 0 Å². The van der Waals surface area contributed by atoms with Crippen molar-refractivity contribution in [1.82, 2.24) is 0 Å². The first kappa shape index (κ1) is 7.08. The molecule has 1 rings (SSSR count). The van der Waals surface area contributed by atoms with Gasteiger partial charge in [0.05, 0.1) is 0 Å². The Morgan fingerprint density at radius 2 is 2.38 bits per heavy atom. The van der Waals surface area contributed by atoms with Crippen LogP contribution in [-0.2, 0) is 23.3 Å². The zero-order chi connectivity index (χ0) is 5.82. The molecule has 0 aliphatic heterocycles. The van der Waals surface area contributed by atoms with Crippen molar-refractivity contribution in [3.8, 4) is 0 Å². The van der Waals surface area contributed by atoms with E-state index in [0.29, 0.717) is 0 Å². The molecule has 1 aliphatic carbocycles. The fourth-order valence-corrected chi connectivity index (χ4v) is 5.87. The van der Waals surface area contributed by atoms with Crippen molar-refractivity contribution in [1.29, 1.82) is 0 Å². The van der Waals surface area contributed by atoms with Crippen LogP contribution in [0.15, 0.2) is 9.16 Å². The summed E-state index contributed by atoms with van der Waals surface area (Å²) in [4.78, 5) is 0. The van der Waals surface area contributed by atoms with Crippen LogP contribution in [0.4, 0.5) is 0 Å². The molecule has 0 saturated heterocycles. The quantitative estimate of drug-likeness (QED) is 0.652. The fourth-order valence-electron chi connectivity index (χ4n) is 1.03. The van der Waals surface area contributed by atoms with E-state index in [0.717, 1.165) is 0 Å². The molecule has 0 spiro atoms. The number of allylic oxidation sites excluding steroid dienone is 2. The minimum absolute atomic E-state index is 0.928. The minimum atomic E-state index is -0.928. The summed E-state index contributed by atoms with van der Waals surface area (Å²) < 4.78 is 1.66. The van der Waals surface area contributed by atoms with Crippen LogP contribution in [0.5, 0.6) is 0 Å². The number of rotatable bonds is 1. The second-order valence-electron chi connectivity index (χ2n) is 2.24. The van der Waals surface area contributed by atoms with Gasteiger partial charge in [0, 0.05) is 0 Å². The molecule has 0 aromatic heterocycles. The van der Waals surface area contributed by atoms with E-state index in [-0.39, 0.29) is 0 Å². The topological polar surface area (TPSA) is 0 Å². The maximum absolute atomic E-state index is 5.83. The van der Waals surface area contributed by atoms with Crippen LogP contribution in [0.25, 0.3) is 0 Å². The molecule has 0 saturated carbocycles. The summed E-state index contributed by atoms with van der Waals surface area (Å²) in [6, 6.07) is 0. The van der Waals surface area contributed by atoms with Crippen LogP contribution >= 0.6 is 8.25 Å². The molecule has 8 heavy (non-hydrogen) atoms. The summed E-state index contributed by atoms with van der Waals surface area (Å²) in [6.45, 7) is 0. The number of hydrogen-bond acceptors (Lipinski definition) is 0. The molecular formula is C6H9ClHg. The number of halogens is 1. The molecule has 0 fully saturated rings. The van der Waals surface area contributed by atoms with E-state index >= 15 is 0 Å². The molecule has 0 nitrogen and oxygen atoms in total. The third-order valence-corrected chi connectivity index (χ3v) is 8.40. The first-order valence-electron chi connectivity index (χ1n) is 3.17. The second kappa shape index (κ2) is 3.89. The Kier molecular flexibility index (Phi) is 3.44. The van der Waals surface area contributed by atoms with Crippen LogP contribution in [-0.4, -0.2) is 0 Å². The molecule has 0 radical (unpaired) electrons. The summed E-state index contributed by atoms with van der Waals surface area (Å²) in [5, 5.41) is 0. The van der Waals surface area contributed by atoms with Gasteiger partial charge < -0.3 is 0 Å². The molecule has 0 amide bonds. The van der Waals surface area contributed by atoms with Gasteiger partial charge in [-0.2, -0.15) is 0 Å². The SMILES string of the molecule is [Cl][Hg][C]1=CCCCC1. The van der Waals surface area contributed by atoms with Gasteiger partial charge in [-0.15, -0.1) is 0 Å². The van der Waals surface area contributed by atoms with Crippen molar-refractivity contribution in [2.75, 3.05) is 0 Å². The first-order chi connectivity index (χ1) is 3.93. The fraction of sp³-hybridized carbons (Fsp3) is 0.667. The Morgan fingerprint density at radius 3 is 2.75 bits per heavy atom. The van der Waals surface area contributed by atoms with Crippen LogP contribution < -0.4 is 0 Å². The van der Waals surface area contributed by atoms with E-state index in [1.165, 1.54) is 25.7 Å². The molecule has 42 valence electrons. The van der Waals surface area contributed by atoms with Gasteiger partial charge in [0.2, 0.25) is 0 Å². The Hall–Kier alpha value is 0.965. The summed E-state index contributed by atoms with van der Waals surface area (Å²) in [7, 11) is 5.83. The zero-order valence-electron chi connectivity index (χ0n) is 4.99. The Balaban J connectivity index is 2.37. The predicted octanol–water partition coefficient (Wildman–Crippen LogP) is 2.68. The van der Waals surface area contributed by atoms with Gasteiger partial charge >= 0.3 is 66.4 Å². The first-order valence-corrected chi connectivity index (χ1v) is 12.7. The van der Waals surface area contributed by atoms with Gasteiger partial charge in [0.25, 0.3) is 0 Å². The average molecular weight is 317 g/mol. The molecule has 1 aliphatic rings. The summed E-state index contributed by atoms with van der Waals surface area (Å²) in [5.41, 5.74) is 0. The standard InChI is InChI=1S/C6H9.ClH.Hg/c1-2-4-6-5-3-1;;/h1H,2,4-6H2;1H;/q;;+1/p-1. The van der Waals surface area contributed by atoms with Crippen LogP contribution in [0, 0.1) is 0 Å². The third kappa shape index (κ3) is 2.06. The van der Waals surface area contributed by atoms with E-state index in [1.54, 1.807) is 3.08 Å². The maximum atomic E-state index is 5.83. The Morgan fingerprint density at radius 1 is 1.50 bits per heavy atom. The molecule has 0 bridgehead atoms. The molecular weight excluding hydrogens is 308 g/mol. The predicted molar refractivity (Wildman–Crippen MR) is 32.4 cm³/mol. The van der Waals surface area contributed by atoms with E-state index in [4.69, 9.17) is 8.25 Å². The van der Waals surface area contributed by atoms with Crippen molar-refractivity contribution in [2.24, 2.45) is 0 Å². The zero-order valence-corrected chi connectivity index (χ0v) is 11.2. The van der Waals surface area contributed by atoms with Crippen molar-refractivity contribution in [2.45, 2.75) is 25.7 Å². The van der Waals surface area contributed by atoms with Gasteiger partial charge in [0.15, 0.2) is 0 Å². The molecule has 0 N–H and O–H groups in total. The van der Waals surface area contributed by atoms with E-state index in [9.17, 15) is 0 Å². The summed E-state index contributed by atoms with van der Waals surface area (Å²) in [6.07, 6.45) is 7.82. The molecule has 0 atom stereocenters. The summed E-state index contributed by atoms with van der Waals surface area (Å²) in [5.74, 6) is 0. The van der Waals surface area contributed by atoms with Crippen molar-refractivity contribution < 1.29 is 23.3 Å². The molecule has 0 aromatic rings. The van der Waals surface area contributed by atoms with Crippen LogP contribution in [0.3, 0.4) is 0 Å². The van der Waals surface area contributed by atoms with Crippen LogP contribution in [0.2, 0.25) is 0 Å². The van der Waals surface area contributed by atoms with Gasteiger partial charge in [-0.1, -0.05) is 0 Å². The van der Waals surface area contributed by atoms with E-state index in [1.807, 2.05) is 0 Å². The number of hydrogen-bond donors (Lipinski definition) is 0. The Bertz CT molecular complexity index is 98.7. The average Bonchev–Trinajstić information content (AvgIpc) is 1.90. The molecule has 2 heteroatoms. The van der Waals surface area contributed by atoms with Crippen LogP contribution in [0.1, 0.15) is 25.7 Å². The molecule has 0 heterocycles. The van der Waals surface area contributed by atoms with Crippen molar-refractivity contribution in [3.63, 3.8) is 0 Å². The third-order valence-electron chi connectivity index (χ3n) is 1.56. The van der Waals surface area contributed by atoms with Gasteiger partial charge in [-0.05, 0) is 0 Å². The van der Waals surface area contributed by atoms with Gasteiger partial charge in [-0.3, -0.25) is 0 Å². The summed E-state index contributed by atoms with van der Waals surface area (Å²) >= 11 is -0.928. The van der Waals surface area contributed by atoms with Crippen molar-refractivity contribution in [3.05, 3.63) is 9.16 Å². The van der Waals surface area contributed by atoms with E-state index in [2.05, 4.69) is 6.08 Å². The van der Waals surface area contributed by atoms with Gasteiger partial charge in [-0.25, -0.2) is 0 Å². The second-order valence-corrected chi connectivity index (χ2v) is 9.16. The Labute approximate surface area is 66.2 Å². The normalized spacial score (nSPS) is 19.4.